The zero-order chi connectivity index (χ0) is 12.0. The molecule has 1 aromatic carbocycles. The molecule has 0 spiro atoms. The fraction of sp³-hybridized carbons (Fsp3) is 0.357. The molecule has 0 atom stereocenters. The topological polar surface area (TPSA) is 43.1 Å². The van der Waals surface area contributed by atoms with Gasteiger partial charge in [0.2, 0.25) is 5.91 Å². The third kappa shape index (κ3) is 3.89. The van der Waals surface area contributed by atoms with Gasteiger partial charge in [-0.05, 0) is 37.0 Å². The number of hydrogen-bond donors (Lipinski definition) is 1. The SMILES string of the molecule is C=C(CCC)CCc1ccc(C(N)=O)cc1. The van der Waals surface area contributed by atoms with Crippen LogP contribution < -0.4 is 5.73 Å². The molecule has 0 radical (unpaired) electrons. The molecule has 86 valence electrons. The third-order valence-corrected chi connectivity index (χ3v) is 2.61. The van der Waals surface area contributed by atoms with Gasteiger partial charge in [0.1, 0.15) is 0 Å². The minimum Gasteiger partial charge on any atom is -0.366 e. The van der Waals surface area contributed by atoms with Crippen LogP contribution >= 0.6 is 0 Å². The van der Waals surface area contributed by atoms with Crippen molar-refractivity contribution in [1.82, 2.24) is 0 Å². The van der Waals surface area contributed by atoms with Crippen molar-refractivity contribution in [1.29, 1.82) is 0 Å². The Hall–Kier alpha value is -1.57. The standard InChI is InChI=1S/C14H19NO/c1-3-4-11(2)5-6-12-7-9-13(10-8-12)14(15)16/h7-10H,2-6H2,1H3,(H2,15,16). The lowest BCUT2D eigenvalue weighted by molar-refractivity contribution is 0.100. The number of primary amides is 1. The predicted octanol–water partition coefficient (Wildman–Crippen LogP) is 3.07. The van der Waals surface area contributed by atoms with Gasteiger partial charge >= 0.3 is 0 Å². The van der Waals surface area contributed by atoms with Crippen LogP contribution in [0.5, 0.6) is 0 Å². The average Bonchev–Trinajstić information content (AvgIpc) is 2.27. The fourth-order valence-electron chi connectivity index (χ4n) is 1.64. The van der Waals surface area contributed by atoms with Crippen molar-refractivity contribution in [3.63, 3.8) is 0 Å². The monoisotopic (exact) mass is 217 g/mol. The minimum absolute atomic E-state index is 0.373. The van der Waals surface area contributed by atoms with E-state index in [9.17, 15) is 4.79 Å². The average molecular weight is 217 g/mol. The van der Waals surface area contributed by atoms with Crippen molar-refractivity contribution in [2.45, 2.75) is 32.6 Å². The molecule has 1 aromatic rings. The van der Waals surface area contributed by atoms with E-state index in [2.05, 4.69) is 13.5 Å². The number of hydrogen-bond acceptors (Lipinski definition) is 1. The summed E-state index contributed by atoms with van der Waals surface area (Å²) in [5.74, 6) is -0.373. The fourth-order valence-corrected chi connectivity index (χ4v) is 1.64. The van der Waals surface area contributed by atoms with Gasteiger partial charge < -0.3 is 5.73 Å². The first-order chi connectivity index (χ1) is 7.63. The lowest BCUT2D eigenvalue weighted by atomic mass is 10.0. The number of benzene rings is 1. The van der Waals surface area contributed by atoms with Gasteiger partial charge in [0.15, 0.2) is 0 Å². The van der Waals surface area contributed by atoms with Crippen molar-refractivity contribution < 1.29 is 4.79 Å². The quantitative estimate of drug-likeness (QED) is 0.731. The first-order valence-electron chi connectivity index (χ1n) is 5.69. The minimum atomic E-state index is -0.373. The number of carbonyl (C=O) groups excluding carboxylic acids is 1. The second kappa shape index (κ2) is 6.11. The summed E-state index contributed by atoms with van der Waals surface area (Å²) in [5.41, 5.74) is 8.26. The summed E-state index contributed by atoms with van der Waals surface area (Å²) in [5, 5.41) is 0. The number of carbonyl (C=O) groups is 1. The molecule has 1 amide bonds. The molecule has 0 aliphatic carbocycles. The molecule has 2 nitrogen and oxygen atoms in total. The second-order valence-corrected chi connectivity index (χ2v) is 4.06. The molecule has 16 heavy (non-hydrogen) atoms. The maximum Gasteiger partial charge on any atom is 0.248 e. The number of rotatable bonds is 6. The van der Waals surface area contributed by atoms with Crippen LogP contribution in [-0.2, 0) is 6.42 Å². The Balaban J connectivity index is 2.49. The molecule has 0 heterocycles. The largest absolute Gasteiger partial charge is 0.366 e. The lowest BCUT2D eigenvalue weighted by Gasteiger charge is -2.04. The van der Waals surface area contributed by atoms with Crippen molar-refractivity contribution in [2.24, 2.45) is 5.73 Å². The van der Waals surface area contributed by atoms with Gasteiger partial charge in [0.25, 0.3) is 0 Å². The molecule has 0 unspecified atom stereocenters. The van der Waals surface area contributed by atoms with E-state index >= 15 is 0 Å². The van der Waals surface area contributed by atoms with Gasteiger partial charge in [-0.2, -0.15) is 0 Å². The highest BCUT2D eigenvalue weighted by atomic mass is 16.1. The molecule has 0 saturated heterocycles. The van der Waals surface area contributed by atoms with Gasteiger partial charge in [-0.25, -0.2) is 0 Å². The Morgan fingerprint density at radius 2 is 1.88 bits per heavy atom. The van der Waals surface area contributed by atoms with Gasteiger partial charge in [0.05, 0.1) is 0 Å². The summed E-state index contributed by atoms with van der Waals surface area (Å²) in [6, 6.07) is 7.47. The summed E-state index contributed by atoms with van der Waals surface area (Å²) < 4.78 is 0. The molecular weight excluding hydrogens is 198 g/mol. The van der Waals surface area contributed by atoms with E-state index in [0.29, 0.717) is 5.56 Å². The summed E-state index contributed by atoms with van der Waals surface area (Å²) >= 11 is 0. The van der Waals surface area contributed by atoms with Crippen LogP contribution in [0.25, 0.3) is 0 Å². The molecule has 0 bridgehead atoms. The Morgan fingerprint density at radius 3 is 2.38 bits per heavy atom. The second-order valence-electron chi connectivity index (χ2n) is 4.06. The molecule has 0 aromatic heterocycles. The van der Waals surface area contributed by atoms with E-state index in [1.165, 1.54) is 11.1 Å². The van der Waals surface area contributed by atoms with Crippen LogP contribution in [0.2, 0.25) is 0 Å². The van der Waals surface area contributed by atoms with E-state index in [0.717, 1.165) is 25.7 Å². The first kappa shape index (κ1) is 12.5. The summed E-state index contributed by atoms with van der Waals surface area (Å²) in [6.07, 6.45) is 4.25. The number of allylic oxidation sites excluding steroid dienone is 1. The Morgan fingerprint density at radius 1 is 1.25 bits per heavy atom. The smallest absolute Gasteiger partial charge is 0.248 e. The third-order valence-electron chi connectivity index (χ3n) is 2.61. The highest BCUT2D eigenvalue weighted by Gasteiger charge is 2.00. The van der Waals surface area contributed by atoms with E-state index < -0.39 is 0 Å². The zero-order valence-corrected chi connectivity index (χ0v) is 9.83. The maximum atomic E-state index is 10.9. The van der Waals surface area contributed by atoms with Crippen LogP contribution in [0.3, 0.4) is 0 Å². The highest BCUT2D eigenvalue weighted by molar-refractivity contribution is 5.92. The Kier molecular flexibility index (Phi) is 4.77. The molecular formula is C14H19NO. The van der Waals surface area contributed by atoms with E-state index in [1.807, 2.05) is 12.1 Å². The van der Waals surface area contributed by atoms with E-state index in [-0.39, 0.29) is 5.91 Å². The highest BCUT2D eigenvalue weighted by Crippen LogP contribution is 2.12. The molecule has 2 N–H and O–H groups in total. The van der Waals surface area contributed by atoms with Gasteiger partial charge in [-0.3, -0.25) is 4.79 Å². The Bertz CT molecular complexity index is 365. The number of aryl methyl sites for hydroxylation is 1. The molecule has 0 aliphatic heterocycles. The summed E-state index contributed by atoms with van der Waals surface area (Å²) in [6.45, 7) is 6.19. The number of nitrogens with two attached hydrogens (primary N) is 1. The van der Waals surface area contributed by atoms with Crippen molar-refractivity contribution in [3.05, 3.63) is 47.5 Å². The molecule has 1 rings (SSSR count). The molecule has 2 heteroatoms. The lowest BCUT2D eigenvalue weighted by Crippen LogP contribution is -2.10. The predicted molar refractivity (Wildman–Crippen MR) is 67.3 cm³/mol. The molecule has 0 saturated carbocycles. The van der Waals surface area contributed by atoms with Crippen molar-refractivity contribution in [2.75, 3.05) is 0 Å². The van der Waals surface area contributed by atoms with Gasteiger partial charge in [-0.1, -0.05) is 37.6 Å². The molecule has 0 aliphatic rings. The van der Waals surface area contributed by atoms with Crippen LogP contribution in [0, 0.1) is 0 Å². The summed E-state index contributed by atoms with van der Waals surface area (Å²) in [7, 11) is 0. The van der Waals surface area contributed by atoms with Gasteiger partial charge in [-0.15, -0.1) is 0 Å². The van der Waals surface area contributed by atoms with Crippen LogP contribution in [0.4, 0.5) is 0 Å². The van der Waals surface area contributed by atoms with Crippen LogP contribution in [0.1, 0.15) is 42.1 Å². The van der Waals surface area contributed by atoms with Gasteiger partial charge in [0, 0.05) is 5.56 Å². The van der Waals surface area contributed by atoms with E-state index in [1.54, 1.807) is 12.1 Å². The van der Waals surface area contributed by atoms with E-state index in [4.69, 9.17) is 5.73 Å². The zero-order valence-electron chi connectivity index (χ0n) is 9.83. The molecule has 0 fully saturated rings. The normalized spacial score (nSPS) is 10.1. The number of amides is 1. The van der Waals surface area contributed by atoms with Crippen LogP contribution in [0.15, 0.2) is 36.4 Å². The van der Waals surface area contributed by atoms with Crippen LogP contribution in [-0.4, -0.2) is 5.91 Å². The first-order valence-corrected chi connectivity index (χ1v) is 5.69. The van der Waals surface area contributed by atoms with Crippen molar-refractivity contribution in [3.8, 4) is 0 Å². The summed E-state index contributed by atoms with van der Waals surface area (Å²) in [4.78, 5) is 10.9. The maximum absolute atomic E-state index is 10.9. The van der Waals surface area contributed by atoms with Crippen molar-refractivity contribution >= 4 is 5.91 Å². The Labute approximate surface area is 97.2 Å².